The van der Waals surface area contributed by atoms with E-state index in [0.717, 1.165) is 11.3 Å². The lowest BCUT2D eigenvalue weighted by Gasteiger charge is -2.26. The summed E-state index contributed by atoms with van der Waals surface area (Å²) in [5, 5.41) is 5.38. The van der Waals surface area contributed by atoms with Gasteiger partial charge in [-0.3, -0.25) is 4.79 Å². The first-order valence-electron chi connectivity index (χ1n) is 8.70. The Bertz CT molecular complexity index is 1040. The molecule has 1 unspecified atom stereocenters. The number of ether oxygens (including phenoxy) is 1. The van der Waals surface area contributed by atoms with Crippen molar-refractivity contribution < 1.29 is 14.3 Å². The first kappa shape index (κ1) is 17.5. The molecule has 0 spiro atoms. The maximum absolute atomic E-state index is 13.1. The number of benzene rings is 2. The molecule has 0 bridgehead atoms. The lowest BCUT2D eigenvalue weighted by Crippen LogP contribution is -2.42. The Hall–Kier alpha value is -3.87. The van der Waals surface area contributed by atoms with Gasteiger partial charge in [-0.05, 0) is 42.0 Å². The minimum Gasteiger partial charge on any atom is -0.497 e. The number of rotatable bonds is 5. The van der Waals surface area contributed by atoms with Gasteiger partial charge in [-0.25, -0.2) is 9.78 Å². The fraction of sp³-hybridized carbons (Fsp3) is 0.0952. The highest BCUT2D eigenvalue weighted by Crippen LogP contribution is 2.29. The smallest absolute Gasteiger partial charge is 0.319 e. The fourth-order valence-electron chi connectivity index (χ4n) is 3.12. The van der Waals surface area contributed by atoms with Crippen LogP contribution in [0.5, 0.6) is 5.75 Å². The summed E-state index contributed by atoms with van der Waals surface area (Å²) in [7, 11) is 1.57. The third-order valence-corrected chi connectivity index (χ3v) is 4.57. The monoisotopic (exact) mass is 374 g/mol. The molecule has 3 aromatic rings. The summed E-state index contributed by atoms with van der Waals surface area (Å²) in [6.07, 6.45) is 6.69. The van der Waals surface area contributed by atoms with Crippen molar-refractivity contribution in [2.45, 2.75) is 6.04 Å². The van der Waals surface area contributed by atoms with Crippen LogP contribution in [0.3, 0.4) is 0 Å². The zero-order valence-corrected chi connectivity index (χ0v) is 15.1. The molecule has 1 aromatic heterocycles. The van der Waals surface area contributed by atoms with Gasteiger partial charge in [0.25, 0.3) is 0 Å². The summed E-state index contributed by atoms with van der Waals surface area (Å²) in [5.74, 6) is 0.485. The van der Waals surface area contributed by atoms with Crippen LogP contribution >= 0.6 is 0 Å². The number of hydrogen-bond acceptors (Lipinski definition) is 4. The number of carbonyl (C=O) groups excluding carboxylic acids is 2. The first-order valence-corrected chi connectivity index (χ1v) is 8.70. The Morgan fingerprint density at radius 1 is 1.18 bits per heavy atom. The molecule has 0 saturated heterocycles. The van der Waals surface area contributed by atoms with E-state index < -0.39 is 6.04 Å². The number of nitrogens with one attached hydrogen (secondary N) is 2. The van der Waals surface area contributed by atoms with Crippen LogP contribution in [-0.4, -0.2) is 28.5 Å². The van der Waals surface area contributed by atoms with Crippen molar-refractivity contribution in [1.29, 1.82) is 0 Å². The largest absolute Gasteiger partial charge is 0.497 e. The number of carbonyl (C=O) groups is 2. The van der Waals surface area contributed by atoms with E-state index in [1.807, 2.05) is 41.1 Å². The molecule has 7 heteroatoms. The zero-order chi connectivity index (χ0) is 19.5. The van der Waals surface area contributed by atoms with Gasteiger partial charge in [0.2, 0.25) is 0 Å². The molecule has 2 N–H and O–H groups in total. The van der Waals surface area contributed by atoms with Crippen molar-refractivity contribution in [3.63, 3.8) is 0 Å². The van der Waals surface area contributed by atoms with Gasteiger partial charge < -0.3 is 19.9 Å². The number of methoxy groups -OCH3 is 1. The van der Waals surface area contributed by atoms with E-state index >= 15 is 0 Å². The Labute approximate surface area is 161 Å². The van der Waals surface area contributed by atoms with E-state index in [0.29, 0.717) is 16.9 Å². The van der Waals surface area contributed by atoms with Crippen molar-refractivity contribution >= 4 is 11.8 Å². The number of amides is 2. The van der Waals surface area contributed by atoms with Gasteiger partial charge in [0.05, 0.1) is 19.5 Å². The average molecular weight is 374 g/mol. The lowest BCUT2D eigenvalue weighted by atomic mass is 9.92. The third kappa shape index (κ3) is 3.37. The lowest BCUT2D eigenvalue weighted by molar-refractivity contribution is 0.102. The van der Waals surface area contributed by atoms with E-state index in [4.69, 9.17) is 4.74 Å². The Kier molecular flexibility index (Phi) is 4.63. The van der Waals surface area contributed by atoms with E-state index in [1.165, 1.54) is 6.20 Å². The number of urea groups is 1. The maximum Gasteiger partial charge on any atom is 0.319 e. The highest BCUT2D eigenvalue weighted by molar-refractivity contribution is 6.10. The van der Waals surface area contributed by atoms with Gasteiger partial charge in [0.1, 0.15) is 5.75 Å². The zero-order valence-electron chi connectivity index (χ0n) is 15.1. The number of Topliss-reactive ketones (excluding diaryl/α,β-unsaturated/α-hetero) is 1. The SMILES string of the molecule is COc1cccc(C2NC(=O)NC=C2C(=O)c2ccc(-n3ccnc3)cc2)c1. The van der Waals surface area contributed by atoms with E-state index in [9.17, 15) is 9.59 Å². The highest BCUT2D eigenvalue weighted by Gasteiger charge is 2.28. The van der Waals surface area contributed by atoms with Crippen molar-refractivity contribution in [3.8, 4) is 11.4 Å². The molecule has 1 aliphatic heterocycles. The van der Waals surface area contributed by atoms with E-state index in [-0.39, 0.29) is 11.8 Å². The molecule has 1 aliphatic rings. The molecule has 0 aliphatic carbocycles. The third-order valence-electron chi connectivity index (χ3n) is 4.57. The van der Waals surface area contributed by atoms with Gasteiger partial charge in [-0.2, -0.15) is 0 Å². The predicted molar refractivity (Wildman–Crippen MR) is 103 cm³/mol. The molecule has 2 heterocycles. The molecular weight excluding hydrogens is 356 g/mol. The Morgan fingerprint density at radius 3 is 2.71 bits per heavy atom. The fourth-order valence-corrected chi connectivity index (χ4v) is 3.12. The minimum absolute atomic E-state index is 0.169. The van der Waals surface area contributed by atoms with Crippen LogP contribution < -0.4 is 15.4 Å². The van der Waals surface area contributed by atoms with Gasteiger partial charge in [-0.15, -0.1) is 0 Å². The van der Waals surface area contributed by atoms with Crippen molar-refractivity contribution in [3.05, 3.63) is 90.2 Å². The summed E-state index contributed by atoms with van der Waals surface area (Å²) in [6.45, 7) is 0. The van der Waals surface area contributed by atoms with Gasteiger partial charge in [-0.1, -0.05) is 12.1 Å². The molecule has 4 rings (SSSR count). The molecule has 0 saturated carbocycles. The van der Waals surface area contributed by atoms with Crippen molar-refractivity contribution in [2.75, 3.05) is 7.11 Å². The van der Waals surface area contributed by atoms with Crippen LogP contribution in [0.4, 0.5) is 4.79 Å². The van der Waals surface area contributed by atoms with Gasteiger partial charge in [0, 0.05) is 35.4 Å². The second-order valence-electron chi connectivity index (χ2n) is 6.27. The number of nitrogens with zero attached hydrogens (tertiary/aromatic N) is 2. The maximum atomic E-state index is 13.1. The molecule has 1 atom stereocenters. The Morgan fingerprint density at radius 2 is 2.00 bits per heavy atom. The predicted octanol–water partition coefficient (Wildman–Crippen LogP) is 3.00. The molecule has 2 aromatic carbocycles. The normalized spacial score (nSPS) is 16.0. The van der Waals surface area contributed by atoms with Crippen LogP contribution in [-0.2, 0) is 0 Å². The van der Waals surface area contributed by atoms with Crippen LogP contribution in [0.2, 0.25) is 0 Å². The van der Waals surface area contributed by atoms with Crippen LogP contribution in [0, 0.1) is 0 Å². The Balaban J connectivity index is 1.65. The summed E-state index contributed by atoms with van der Waals surface area (Å²) in [6, 6.07) is 13.6. The molecular formula is C21H18N4O3. The molecule has 140 valence electrons. The standard InChI is InChI=1S/C21H18N4O3/c1-28-17-4-2-3-15(11-17)19-18(12-23-21(27)24-19)20(26)14-5-7-16(8-6-14)25-10-9-22-13-25/h2-13,19H,1H3,(H2,23,24,27). The number of ketones is 1. The summed E-state index contributed by atoms with van der Waals surface area (Å²) >= 11 is 0. The van der Waals surface area contributed by atoms with E-state index in [2.05, 4.69) is 15.6 Å². The highest BCUT2D eigenvalue weighted by atomic mass is 16.5. The van der Waals surface area contributed by atoms with Gasteiger partial charge >= 0.3 is 6.03 Å². The average Bonchev–Trinajstić information content (AvgIpc) is 3.28. The molecule has 2 amide bonds. The van der Waals surface area contributed by atoms with Gasteiger partial charge in [0.15, 0.2) is 5.78 Å². The van der Waals surface area contributed by atoms with Crippen molar-refractivity contribution in [1.82, 2.24) is 20.2 Å². The minimum atomic E-state index is -0.565. The molecule has 0 fully saturated rings. The second kappa shape index (κ2) is 7.40. The number of hydrogen-bond donors (Lipinski definition) is 2. The quantitative estimate of drug-likeness (QED) is 0.673. The molecule has 0 radical (unpaired) electrons. The van der Waals surface area contributed by atoms with Crippen LogP contribution in [0.1, 0.15) is 22.0 Å². The number of imidazole rings is 1. The summed E-state index contributed by atoms with van der Waals surface area (Å²) in [4.78, 5) is 29.0. The summed E-state index contributed by atoms with van der Waals surface area (Å²) in [5.41, 5.74) is 2.65. The molecule has 7 nitrogen and oxygen atoms in total. The topological polar surface area (TPSA) is 85.3 Å². The van der Waals surface area contributed by atoms with Crippen LogP contribution in [0.15, 0.2) is 79.0 Å². The van der Waals surface area contributed by atoms with Crippen molar-refractivity contribution in [2.24, 2.45) is 0 Å². The second-order valence-corrected chi connectivity index (χ2v) is 6.27. The first-order chi connectivity index (χ1) is 13.7. The molecule has 28 heavy (non-hydrogen) atoms. The van der Waals surface area contributed by atoms with Crippen LogP contribution in [0.25, 0.3) is 5.69 Å². The summed E-state index contributed by atoms with van der Waals surface area (Å²) < 4.78 is 7.12. The van der Waals surface area contributed by atoms with E-state index in [1.54, 1.807) is 37.8 Å². The number of aromatic nitrogens is 2.